The number of hydrogen-bond donors (Lipinski definition) is 0. The molecule has 2 bridgehead atoms. The van der Waals surface area contributed by atoms with Crippen LogP contribution in [-0.4, -0.2) is 23.0 Å². The highest BCUT2D eigenvalue weighted by Crippen LogP contribution is 2.49. The molecule has 0 N–H and O–H groups in total. The molecule has 1 saturated carbocycles. The Balaban J connectivity index is 1.37. The predicted octanol–water partition coefficient (Wildman–Crippen LogP) is 5.10. The lowest BCUT2D eigenvalue weighted by Gasteiger charge is -2.37. The third kappa shape index (κ3) is 3.77. The minimum Gasteiger partial charge on any atom is -0.488 e. The molecule has 7 heteroatoms. The van der Waals surface area contributed by atoms with Gasteiger partial charge in [0.2, 0.25) is 0 Å². The first kappa shape index (κ1) is 20.3. The monoisotopic (exact) mass is 454 g/mol. The fourth-order valence-electron chi connectivity index (χ4n) is 4.83. The molecule has 0 spiro atoms. The second-order valence-corrected chi connectivity index (χ2v) is 9.05. The summed E-state index contributed by atoms with van der Waals surface area (Å²) < 4.78 is 5.93. The molecule has 31 heavy (non-hydrogen) atoms. The van der Waals surface area contributed by atoms with E-state index in [1.54, 1.807) is 24.3 Å². The molecule has 6 rings (SSSR count). The standard InChI is InChI=1S/C24H20Cl2N2O3/c25-18-3-1-2-14(10-18)13-31-20-9-8-19(26)11-17(20)12-27-28-23(29)21-15-4-5-16(7-6-15)22(21)24(28)30/h1-5,8-12,15-16,21-22H,6-7,13H2/b27-12-/t15-,16-,21+,22+/m0/s1. The van der Waals surface area contributed by atoms with Crippen LogP contribution in [0, 0.1) is 23.7 Å². The van der Waals surface area contributed by atoms with E-state index < -0.39 is 0 Å². The van der Waals surface area contributed by atoms with Crippen LogP contribution in [-0.2, 0) is 16.2 Å². The summed E-state index contributed by atoms with van der Waals surface area (Å²) in [7, 11) is 0. The number of amides is 2. The summed E-state index contributed by atoms with van der Waals surface area (Å²) in [6, 6.07) is 12.6. The molecule has 5 nitrogen and oxygen atoms in total. The van der Waals surface area contributed by atoms with Gasteiger partial charge in [-0.15, -0.1) is 0 Å². The Morgan fingerprint density at radius 2 is 1.65 bits per heavy atom. The molecule has 0 aromatic heterocycles. The molecular weight excluding hydrogens is 435 g/mol. The van der Waals surface area contributed by atoms with Gasteiger partial charge in [0, 0.05) is 15.6 Å². The Kier molecular flexibility index (Phi) is 5.32. The van der Waals surface area contributed by atoms with E-state index >= 15 is 0 Å². The first-order chi connectivity index (χ1) is 15.0. The maximum Gasteiger partial charge on any atom is 0.254 e. The molecule has 2 aromatic rings. The van der Waals surface area contributed by atoms with Crippen LogP contribution in [0.5, 0.6) is 5.75 Å². The van der Waals surface area contributed by atoms with Crippen molar-refractivity contribution in [2.75, 3.05) is 0 Å². The SMILES string of the molecule is O=C1[C@H]2[C@H](C(=O)N1/N=C\c1cc(Cl)ccc1OCc1cccc(Cl)c1)[C@H]1C=C[C@H]2CC1. The van der Waals surface area contributed by atoms with Gasteiger partial charge in [-0.25, -0.2) is 0 Å². The number of halogens is 2. The van der Waals surface area contributed by atoms with Crippen molar-refractivity contribution in [1.82, 2.24) is 5.01 Å². The van der Waals surface area contributed by atoms with Gasteiger partial charge in [-0.3, -0.25) is 9.59 Å². The summed E-state index contributed by atoms with van der Waals surface area (Å²) in [5.41, 5.74) is 1.51. The zero-order valence-electron chi connectivity index (χ0n) is 16.6. The van der Waals surface area contributed by atoms with E-state index in [0.29, 0.717) is 28.0 Å². The van der Waals surface area contributed by atoms with Crippen molar-refractivity contribution < 1.29 is 14.3 Å². The third-order valence-corrected chi connectivity index (χ3v) is 6.77. The van der Waals surface area contributed by atoms with Crippen LogP contribution >= 0.6 is 23.2 Å². The molecule has 1 aliphatic heterocycles. The highest BCUT2D eigenvalue weighted by molar-refractivity contribution is 6.31. The number of fused-ring (bicyclic) bond motifs is 1. The summed E-state index contributed by atoms with van der Waals surface area (Å²) in [5, 5.41) is 6.45. The number of ether oxygens (including phenoxy) is 1. The molecule has 0 radical (unpaired) electrons. The lowest BCUT2D eigenvalue weighted by Crippen LogP contribution is -2.38. The van der Waals surface area contributed by atoms with E-state index in [9.17, 15) is 9.59 Å². The van der Waals surface area contributed by atoms with Gasteiger partial charge in [-0.05, 0) is 60.6 Å². The van der Waals surface area contributed by atoms with Gasteiger partial charge in [0.15, 0.2) is 0 Å². The summed E-state index contributed by atoms with van der Waals surface area (Å²) in [4.78, 5) is 25.9. The number of imide groups is 1. The van der Waals surface area contributed by atoms with Gasteiger partial charge in [-0.2, -0.15) is 10.1 Å². The molecule has 0 unspecified atom stereocenters. The summed E-state index contributed by atoms with van der Waals surface area (Å²) in [6.07, 6.45) is 7.56. The Morgan fingerprint density at radius 3 is 2.29 bits per heavy atom. The zero-order valence-corrected chi connectivity index (χ0v) is 18.1. The highest BCUT2D eigenvalue weighted by Gasteiger charge is 2.56. The molecule has 1 heterocycles. The smallest absolute Gasteiger partial charge is 0.254 e. The van der Waals surface area contributed by atoms with Gasteiger partial charge < -0.3 is 4.74 Å². The van der Waals surface area contributed by atoms with Crippen molar-refractivity contribution in [1.29, 1.82) is 0 Å². The third-order valence-electron chi connectivity index (χ3n) is 6.30. The molecule has 4 aliphatic rings. The number of rotatable bonds is 5. The van der Waals surface area contributed by atoms with Crippen molar-refractivity contribution in [2.24, 2.45) is 28.8 Å². The Hall–Kier alpha value is -2.63. The van der Waals surface area contributed by atoms with Gasteiger partial charge >= 0.3 is 0 Å². The van der Waals surface area contributed by atoms with Crippen molar-refractivity contribution in [3.8, 4) is 5.75 Å². The van der Waals surface area contributed by atoms with E-state index in [1.807, 2.05) is 18.2 Å². The molecule has 158 valence electrons. The number of hydrogen-bond acceptors (Lipinski definition) is 4. The van der Waals surface area contributed by atoms with Crippen LogP contribution in [0.25, 0.3) is 0 Å². The second-order valence-electron chi connectivity index (χ2n) is 8.18. The normalized spacial score (nSPS) is 26.7. The summed E-state index contributed by atoms with van der Waals surface area (Å²) in [6.45, 7) is 0.309. The van der Waals surface area contributed by atoms with Gasteiger partial charge in [0.25, 0.3) is 11.8 Å². The molecule has 4 atom stereocenters. The number of benzene rings is 2. The van der Waals surface area contributed by atoms with Crippen molar-refractivity contribution in [3.63, 3.8) is 0 Å². The molecule has 2 aromatic carbocycles. The fraction of sp³-hybridized carbons (Fsp3) is 0.292. The topological polar surface area (TPSA) is 59.0 Å². The van der Waals surface area contributed by atoms with Crippen LogP contribution in [0.2, 0.25) is 10.0 Å². The fourth-order valence-corrected chi connectivity index (χ4v) is 5.23. The maximum absolute atomic E-state index is 12.9. The van der Waals surface area contributed by atoms with Gasteiger partial charge in [0.05, 0.1) is 18.1 Å². The van der Waals surface area contributed by atoms with E-state index in [4.69, 9.17) is 27.9 Å². The van der Waals surface area contributed by atoms with Crippen LogP contribution in [0.4, 0.5) is 0 Å². The quantitative estimate of drug-likeness (QED) is 0.358. The first-order valence-electron chi connectivity index (χ1n) is 10.3. The van der Waals surface area contributed by atoms with E-state index in [1.165, 1.54) is 6.21 Å². The molecule has 2 fully saturated rings. The Bertz CT molecular complexity index is 1080. The molecule has 3 aliphatic carbocycles. The average molecular weight is 455 g/mol. The van der Waals surface area contributed by atoms with Gasteiger partial charge in [-0.1, -0.05) is 47.5 Å². The number of carbonyl (C=O) groups is 2. The van der Waals surface area contributed by atoms with Crippen molar-refractivity contribution in [3.05, 3.63) is 75.8 Å². The lowest BCUT2D eigenvalue weighted by molar-refractivity contribution is -0.140. The van der Waals surface area contributed by atoms with Crippen LogP contribution in [0.15, 0.2) is 59.7 Å². The van der Waals surface area contributed by atoms with Crippen LogP contribution < -0.4 is 4.74 Å². The van der Waals surface area contributed by atoms with Crippen LogP contribution in [0.3, 0.4) is 0 Å². The summed E-state index contributed by atoms with van der Waals surface area (Å²) in [5.74, 6) is -0.185. The molecular formula is C24H20Cl2N2O3. The average Bonchev–Trinajstić information content (AvgIpc) is 3.04. The number of nitrogens with zero attached hydrogens (tertiary/aromatic N) is 2. The van der Waals surface area contributed by atoms with E-state index in [2.05, 4.69) is 17.3 Å². The molecule has 2 amide bonds. The maximum atomic E-state index is 12.9. The zero-order chi connectivity index (χ0) is 21.5. The Labute approximate surface area is 190 Å². The van der Waals surface area contributed by atoms with Crippen LogP contribution in [0.1, 0.15) is 24.0 Å². The lowest BCUT2D eigenvalue weighted by atomic mass is 9.63. The van der Waals surface area contributed by atoms with Gasteiger partial charge in [0.1, 0.15) is 12.4 Å². The number of hydrazone groups is 1. The van der Waals surface area contributed by atoms with Crippen molar-refractivity contribution >= 4 is 41.2 Å². The Morgan fingerprint density at radius 1 is 0.968 bits per heavy atom. The first-order valence-corrected chi connectivity index (χ1v) is 11.0. The largest absolute Gasteiger partial charge is 0.488 e. The minimum atomic E-state index is -0.286. The molecule has 1 saturated heterocycles. The number of carbonyl (C=O) groups excluding carboxylic acids is 2. The van der Waals surface area contributed by atoms with E-state index in [0.717, 1.165) is 23.4 Å². The van der Waals surface area contributed by atoms with E-state index in [-0.39, 0.29) is 35.5 Å². The number of allylic oxidation sites excluding steroid dienone is 2. The summed E-state index contributed by atoms with van der Waals surface area (Å²) >= 11 is 12.2. The highest BCUT2D eigenvalue weighted by atomic mass is 35.5. The minimum absolute atomic E-state index is 0.134. The predicted molar refractivity (Wildman–Crippen MR) is 119 cm³/mol. The van der Waals surface area contributed by atoms with Crippen molar-refractivity contribution in [2.45, 2.75) is 19.4 Å². The second kappa shape index (κ2) is 8.13.